The summed E-state index contributed by atoms with van der Waals surface area (Å²) >= 11 is 6.59. The molecule has 0 saturated heterocycles. The fourth-order valence-electron chi connectivity index (χ4n) is 3.58. The predicted molar refractivity (Wildman–Crippen MR) is 124 cm³/mol. The Balaban J connectivity index is 1.47. The van der Waals surface area contributed by atoms with Gasteiger partial charge in [0.1, 0.15) is 10.8 Å². The Labute approximate surface area is 182 Å². The molecule has 1 aliphatic heterocycles. The number of aliphatic imine (C=N–C) groups is 2. The molecule has 146 valence electrons. The van der Waals surface area contributed by atoms with E-state index in [1.807, 2.05) is 30.3 Å². The van der Waals surface area contributed by atoms with Crippen molar-refractivity contribution in [2.24, 2.45) is 9.98 Å². The van der Waals surface area contributed by atoms with E-state index in [0.717, 1.165) is 38.6 Å². The summed E-state index contributed by atoms with van der Waals surface area (Å²) in [7, 11) is 0. The number of hydrogen-bond donors (Lipinski definition) is 1. The van der Waals surface area contributed by atoms with Crippen molar-refractivity contribution in [3.8, 4) is 0 Å². The summed E-state index contributed by atoms with van der Waals surface area (Å²) in [4.78, 5) is 23.7. The van der Waals surface area contributed by atoms with Gasteiger partial charge in [-0.2, -0.15) is 0 Å². The molecule has 1 spiro atoms. The zero-order valence-corrected chi connectivity index (χ0v) is 18.7. The fraction of sp³-hybridized carbons (Fsp3) is 0.381. The number of hydrogen-bond acceptors (Lipinski definition) is 5. The molecule has 1 N–H and O–H groups in total. The van der Waals surface area contributed by atoms with Crippen molar-refractivity contribution in [3.63, 3.8) is 0 Å². The lowest BCUT2D eigenvalue weighted by Crippen LogP contribution is -2.20. The van der Waals surface area contributed by atoms with E-state index in [9.17, 15) is 4.79 Å². The Morgan fingerprint density at radius 2 is 1.86 bits per heavy atom. The van der Waals surface area contributed by atoms with Crippen molar-refractivity contribution in [1.29, 1.82) is 0 Å². The highest BCUT2D eigenvalue weighted by Gasteiger charge is 2.37. The van der Waals surface area contributed by atoms with Crippen LogP contribution in [0.4, 0.5) is 5.69 Å². The summed E-state index contributed by atoms with van der Waals surface area (Å²) in [5.74, 6) is 0.303. The summed E-state index contributed by atoms with van der Waals surface area (Å²) in [6.45, 7) is 0. The van der Waals surface area contributed by atoms with Gasteiger partial charge in [0.25, 0.3) is 0 Å². The monoisotopic (exact) mass is 475 g/mol. The largest absolute Gasteiger partial charge is 0.325 e. The van der Waals surface area contributed by atoms with E-state index in [4.69, 9.17) is 9.98 Å². The normalized spacial score (nSPS) is 18.5. The van der Waals surface area contributed by atoms with Crippen LogP contribution >= 0.6 is 39.0 Å². The Morgan fingerprint density at radius 1 is 1.11 bits per heavy atom. The molecule has 1 fully saturated rings. The Bertz CT molecular complexity index is 883. The topological polar surface area (TPSA) is 53.8 Å². The number of anilines is 1. The maximum absolute atomic E-state index is 12.4. The van der Waals surface area contributed by atoms with E-state index < -0.39 is 0 Å². The summed E-state index contributed by atoms with van der Waals surface area (Å²) in [6, 6.07) is 11.8. The van der Waals surface area contributed by atoms with Gasteiger partial charge in [0, 0.05) is 10.2 Å². The quantitative estimate of drug-likeness (QED) is 0.577. The number of nitrogens with one attached hydrogen (secondary N) is 1. The van der Waals surface area contributed by atoms with Gasteiger partial charge in [-0.05, 0) is 61.4 Å². The van der Waals surface area contributed by atoms with Gasteiger partial charge < -0.3 is 5.32 Å². The predicted octanol–water partition coefficient (Wildman–Crippen LogP) is 6.13. The highest BCUT2D eigenvalue weighted by Crippen LogP contribution is 2.38. The molecule has 0 radical (unpaired) electrons. The number of halogens is 1. The molecular formula is C21H22BrN3OS2. The lowest BCUT2D eigenvalue weighted by molar-refractivity contribution is -0.113. The molecule has 0 atom stereocenters. The molecule has 1 amide bonds. The lowest BCUT2D eigenvalue weighted by atomic mass is 10.0. The van der Waals surface area contributed by atoms with Gasteiger partial charge >= 0.3 is 0 Å². The minimum absolute atomic E-state index is 0.0256. The van der Waals surface area contributed by atoms with Gasteiger partial charge in [0.15, 0.2) is 5.66 Å². The Hall–Kier alpha value is -1.44. The van der Waals surface area contributed by atoms with Crippen LogP contribution in [-0.4, -0.2) is 28.1 Å². The molecule has 1 aromatic carbocycles. The van der Waals surface area contributed by atoms with Crippen LogP contribution in [0.5, 0.6) is 0 Å². The van der Waals surface area contributed by atoms with Crippen LogP contribution in [0.2, 0.25) is 0 Å². The van der Waals surface area contributed by atoms with Crippen LogP contribution in [0.1, 0.15) is 43.4 Å². The number of carbonyl (C=O) groups excluding carboxylic acids is 1. The average Bonchev–Trinajstić information content (AvgIpc) is 3.27. The first-order chi connectivity index (χ1) is 13.6. The minimum atomic E-state index is -0.305. The van der Waals surface area contributed by atoms with Gasteiger partial charge in [-0.25, -0.2) is 4.99 Å². The van der Waals surface area contributed by atoms with Gasteiger partial charge in [0.2, 0.25) is 5.91 Å². The van der Waals surface area contributed by atoms with E-state index in [-0.39, 0.29) is 11.6 Å². The number of rotatable bonds is 4. The number of thiophene rings is 1. The molecule has 0 unspecified atom stereocenters. The second-order valence-corrected chi connectivity index (χ2v) is 9.92. The SMILES string of the molecule is O=C(CSC1=NC2(CCCCCC2)N=C1c1cccs1)Nc1ccc(Br)cc1. The van der Waals surface area contributed by atoms with Crippen LogP contribution < -0.4 is 5.32 Å². The molecule has 1 aromatic heterocycles. The standard InChI is InChI=1S/C21H22BrN3OS2/c22-15-7-9-16(10-8-15)23-18(26)14-28-20-19(17-6-5-13-27-17)24-21(25-20)11-3-1-2-4-12-21/h5-10,13H,1-4,11-12,14H2,(H,23,26). The number of nitrogens with zero attached hydrogens (tertiary/aromatic N) is 2. The third-order valence-electron chi connectivity index (χ3n) is 4.96. The van der Waals surface area contributed by atoms with Gasteiger partial charge in [-0.1, -0.05) is 46.6 Å². The summed E-state index contributed by atoms with van der Waals surface area (Å²) in [6.07, 6.45) is 6.89. The molecule has 4 nitrogen and oxygen atoms in total. The molecule has 2 aromatic rings. The Morgan fingerprint density at radius 3 is 2.54 bits per heavy atom. The van der Waals surface area contributed by atoms with Crippen molar-refractivity contribution in [1.82, 2.24) is 0 Å². The van der Waals surface area contributed by atoms with Crippen LogP contribution in [0.3, 0.4) is 0 Å². The van der Waals surface area contributed by atoms with Crippen molar-refractivity contribution >= 4 is 61.4 Å². The minimum Gasteiger partial charge on any atom is -0.325 e. The fourth-order valence-corrected chi connectivity index (χ4v) is 5.49. The molecule has 28 heavy (non-hydrogen) atoms. The third kappa shape index (κ3) is 4.75. The van der Waals surface area contributed by atoms with Gasteiger partial charge in [0.05, 0.1) is 10.6 Å². The van der Waals surface area contributed by atoms with Crippen LogP contribution in [-0.2, 0) is 4.79 Å². The first kappa shape index (κ1) is 19.9. The van der Waals surface area contributed by atoms with E-state index >= 15 is 0 Å². The maximum atomic E-state index is 12.4. The average molecular weight is 476 g/mol. The second kappa shape index (κ2) is 8.93. The van der Waals surface area contributed by atoms with E-state index in [1.54, 1.807) is 11.3 Å². The number of carbonyl (C=O) groups is 1. The van der Waals surface area contributed by atoms with Crippen LogP contribution in [0.25, 0.3) is 0 Å². The molecule has 7 heteroatoms. The summed E-state index contributed by atoms with van der Waals surface area (Å²) in [5.41, 5.74) is 1.47. The van der Waals surface area contributed by atoms with E-state index in [0.29, 0.717) is 5.75 Å². The first-order valence-corrected chi connectivity index (χ1v) is 12.2. The highest BCUT2D eigenvalue weighted by atomic mass is 79.9. The summed E-state index contributed by atoms with van der Waals surface area (Å²) in [5, 5.41) is 5.93. The van der Waals surface area contributed by atoms with E-state index in [2.05, 4.69) is 32.7 Å². The smallest absolute Gasteiger partial charge is 0.234 e. The zero-order chi connectivity index (χ0) is 19.4. The van der Waals surface area contributed by atoms with E-state index in [1.165, 1.54) is 37.4 Å². The second-order valence-electron chi connectivity index (χ2n) is 7.10. The van der Waals surface area contributed by atoms with Crippen molar-refractivity contribution in [3.05, 3.63) is 51.1 Å². The first-order valence-electron chi connectivity index (χ1n) is 9.56. The Kier molecular flexibility index (Phi) is 6.33. The molecule has 4 rings (SSSR count). The molecule has 0 bridgehead atoms. The lowest BCUT2D eigenvalue weighted by Gasteiger charge is -2.20. The molecule has 2 heterocycles. The number of thioether (sulfide) groups is 1. The van der Waals surface area contributed by atoms with Crippen molar-refractivity contribution in [2.45, 2.75) is 44.2 Å². The molecular weight excluding hydrogens is 454 g/mol. The maximum Gasteiger partial charge on any atom is 0.234 e. The molecule has 1 aliphatic carbocycles. The zero-order valence-electron chi connectivity index (χ0n) is 15.5. The molecule has 2 aliphatic rings. The molecule has 1 saturated carbocycles. The van der Waals surface area contributed by atoms with Gasteiger partial charge in [-0.15, -0.1) is 11.3 Å². The summed E-state index contributed by atoms with van der Waals surface area (Å²) < 4.78 is 0.991. The van der Waals surface area contributed by atoms with Crippen LogP contribution in [0.15, 0.2) is 56.2 Å². The van der Waals surface area contributed by atoms with Crippen LogP contribution in [0, 0.1) is 0 Å². The van der Waals surface area contributed by atoms with Crippen molar-refractivity contribution in [2.75, 3.05) is 11.1 Å². The number of benzene rings is 1. The third-order valence-corrected chi connectivity index (χ3v) is 7.33. The highest BCUT2D eigenvalue weighted by molar-refractivity contribution is 9.10. The number of amides is 1. The van der Waals surface area contributed by atoms with Gasteiger partial charge in [-0.3, -0.25) is 9.79 Å². The van der Waals surface area contributed by atoms with Crippen molar-refractivity contribution < 1.29 is 4.79 Å².